The van der Waals surface area contributed by atoms with Crippen LogP contribution in [-0.2, 0) is 63.4 Å². The Hall–Kier alpha value is -3.19. The summed E-state index contributed by atoms with van der Waals surface area (Å²) >= 11 is 0. The molecule has 0 radical (unpaired) electrons. The first kappa shape index (κ1) is 64.8. The third-order valence-electron chi connectivity index (χ3n) is 22.4. The van der Waals surface area contributed by atoms with Crippen LogP contribution in [0.4, 0.5) is 0 Å². The first-order valence-corrected chi connectivity index (χ1v) is 30.2. The lowest BCUT2D eigenvalue weighted by atomic mass is 9.33. The van der Waals surface area contributed by atoms with Gasteiger partial charge < -0.3 is 109 Å². The summed E-state index contributed by atoms with van der Waals surface area (Å²) in [6.07, 6.45) is -26.2. The molecule has 10 rings (SSSR count). The van der Waals surface area contributed by atoms with Crippen molar-refractivity contribution in [2.45, 2.75) is 235 Å². The molecule has 4 aliphatic heterocycles. The van der Waals surface area contributed by atoms with E-state index in [4.69, 9.17) is 42.6 Å². The number of carbonyl (C=O) groups is 3. The van der Waals surface area contributed by atoms with E-state index in [9.17, 15) is 75.7 Å². The highest BCUT2D eigenvalue weighted by molar-refractivity contribution is 5.73. The zero-order valence-corrected chi connectivity index (χ0v) is 49.2. The minimum Gasteiger partial charge on any atom is -0.479 e. The molecule has 24 nitrogen and oxygen atoms in total. The van der Waals surface area contributed by atoms with Crippen LogP contribution in [-0.4, -0.2) is 229 Å². The number of fused-ring (bicyclic) bond motifs is 7. The molecular weight excluding hydrogens is 1120 g/mol. The summed E-state index contributed by atoms with van der Waals surface area (Å²) in [5.41, 5.74) is -1.07. The van der Waals surface area contributed by atoms with E-state index in [2.05, 4.69) is 40.7 Å². The van der Waals surface area contributed by atoms with Crippen molar-refractivity contribution in [3.63, 3.8) is 0 Å². The van der Waals surface area contributed by atoms with Crippen LogP contribution >= 0.6 is 0 Å². The molecule has 12 N–H and O–H groups in total. The number of ether oxygens (including phenoxy) is 9. The number of allylic oxidation sites excluding steroid dienone is 2. The second-order valence-electron chi connectivity index (χ2n) is 27.7. The summed E-state index contributed by atoms with van der Waals surface area (Å²) in [5.74, 6) is -2.39. The predicted octanol–water partition coefficient (Wildman–Crippen LogP) is 0.142. The number of rotatable bonds is 16. The first-order valence-electron chi connectivity index (χ1n) is 30.2. The van der Waals surface area contributed by atoms with Gasteiger partial charge in [0, 0.05) is 11.8 Å². The van der Waals surface area contributed by atoms with Gasteiger partial charge in [-0.2, -0.15) is 0 Å². The number of aliphatic carboxylic acids is 1. The van der Waals surface area contributed by atoms with Gasteiger partial charge in [0.05, 0.1) is 37.9 Å². The highest BCUT2D eigenvalue weighted by Crippen LogP contribution is 2.76. The van der Waals surface area contributed by atoms with Gasteiger partial charge in [0.2, 0.25) is 0 Å². The van der Waals surface area contributed by atoms with Crippen molar-refractivity contribution in [2.24, 2.45) is 50.2 Å². The number of carboxylic acid groups (broad SMARTS) is 1. The van der Waals surface area contributed by atoms with Crippen LogP contribution in [0.2, 0.25) is 0 Å². The van der Waals surface area contributed by atoms with Crippen LogP contribution in [0.1, 0.15) is 111 Å². The van der Waals surface area contributed by atoms with Crippen LogP contribution in [0.25, 0.3) is 0 Å². The van der Waals surface area contributed by atoms with Gasteiger partial charge in [-0.3, -0.25) is 4.79 Å². The third kappa shape index (κ3) is 11.3. The van der Waals surface area contributed by atoms with Gasteiger partial charge >= 0.3 is 11.9 Å². The summed E-state index contributed by atoms with van der Waals surface area (Å²) < 4.78 is 54.9. The molecule has 8 fully saturated rings. The molecule has 24 heteroatoms. The molecule has 85 heavy (non-hydrogen) atoms. The van der Waals surface area contributed by atoms with Crippen molar-refractivity contribution in [3.8, 4) is 0 Å². The van der Waals surface area contributed by atoms with Gasteiger partial charge in [-0.05, 0) is 109 Å². The highest BCUT2D eigenvalue weighted by atomic mass is 16.8. The van der Waals surface area contributed by atoms with Crippen molar-refractivity contribution < 1.29 is 118 Å². The van der Waals surface area contributed by atoms with Crippen molar-refractivity contribution >= 4 is 18.2 Å². The minimum absolute atomic E-state index is 0.0306. The van der Waals surface area contributed by atoms with Crippen molar-refractivity contribution in [3.05, 3.63) is 47.5 Å². The van der Waals surface area contributed by atoms with Crippen LogP contribution in [0, 0.1) is 50.2 Å². The predicted molar refractivity (Wildman–Crippen MR) is 292 cm³/mol. The van der Waals surface area contributed by atoms with E-state index in [0.29, 0.717) is 44.9 Å². The molecule has 4 saturated carbocycles. The number of aliphatic hydroxyl groups excluding tert-OH is 11. The molecule has 28 atom stereocenters. The largest absolute Gasteiger partial charge is 0.479 e. The van der Waals surface area contributed by atoms with Gasteiger partial charge in [-0.25, -0.2) is 4.79 Å². The average Bonchev–Trinajstić information content (AvgIpc) is 0.717. The fraction of sp³-hybridized carbons (Fsp3) is 0.820. The fourth-order valence-corrected chi connectivity index (χ4v) is 17.3. The Morgan fingerprint density at radius 2 is 1.31 bits per heavy atom. The van der Waals surface area contributed by atoms with Crippen molar-refractivity contribution in [1.29, 1.82) is 0 Å². The Morgan fingerprint density at radius 1 is 0.647 bits per heavy atom. The molecule has 0 unspecified atom stereocenters. The number of benzene rings is 1. The fourth-order valence-electron chi connectivity index (χ4n) is 17.3. The maximum atomic E-state index is 14.2. The van der Waals surface area contributed by atoms with Gasteiger partial charge in [-0.1, -0.05) is 83.5 Å². The normalized spacial score (nSPS) is 49.6. The number of esters is 1. The topological polar surface area (TPSA) is 377 Å². The molecule has 4 heterocycles. The zero-order valence-electron chi connectivity index (χ0n) is 49.2. The molecule has 0 spiro atoms. The Morgan fingerprint density at radius 3 is 1.98 bits per heavy atom. The number of carbonyl (C=O) groups excluding carboxylic acids is 2. The number of aryl methyl sites for hydroxylation is 1. The van der Waals surface area contributed by atoms with Crippen LogP contribution < -0.4 is 0 Å². The van der Waals surface area contributed by atoms with Crippen LogP contribution in [0.3, 0.4) is 0 Å². The first-order chi connectivity index (χ1) is 40.1. The van der Waals surface area contributed by atoms with E-state index >= 15 is 0 Å². The molecule has 478 valence electrons. The van der Waals surface area contributed by atoms with Gasteiger partial charge in [0.15, 0.2) is 31.3 Å². The number of carboxylic acids is 1. The average molecular weight is 1210 g/mol. The lowest BCUT2D eigenvalue weighted by Crippen LogP contribution is -2.69. The second-order valence-corrected chi connectivity index (χ2v) is 27.7. The summed E-state index contributed by atoms with van der Waals surface area (Å²) in [6, 6.07) is 9.80. The quantitative estimate of drug-likeness (QED) is 0.0453. The van der Waals surface area contributed by atoms with Crippen molar-refractivity contribution in [2.75, 3.05) is 26.4 Å². The van der Waals surface area contributed by atoms with Crippen LogP contribution in [0.5, 0.6) is 0 Å². The van der Waals surface area contributed by atoms with E-state index in [1.807, 2.05) is 30.3 Å². The van der Waals surface area contributed by atoms with E-state index in [1.54, 1.807) is 6.92 Å². The number of aldehydes is 1. The maximum Gasteiger partial charge on any atom is 0.335 e. The zero-order chi connectivity index (χ0) is 61.5. The van der Waals surface area contributed by atoms with E-state index in [1.165, 1.54) is 5.57 Å². The summed E-state index contributed by atoms with van der Waals surface area (Å²) in [4.78, 5) is 41.0. The standard InChI is InChI=1S/C61H90O24/c1-56(2)22-31-30-13-14-36-57(3)18-17-37(58(4,27-63)35(57)16-19-60(36,6)59(30,5)20-21-61(31,28-64)38(23-56)80-39(67)15-12-29-10-8-7-9-11-29)81-55-50(85-53-45(73)43(71)42(70)34(24-62)79-53)47(46(74)48(83-55)51(75)76)82-54-49(41(69)33(66)26-78-54)84-52-44(72)40(68)32(65)25-77-52/h7-11,13,27,31-38,40-50,52-55,62,64-66,68-74H,12,14-26,28H2,1-6H3,(H,75,76)/t31-,32+,33+,34+,35+,36+,37-,38-,40-,41-,42+,43-,44+,45+,46-,47-,48-,49+,50+,52-,53-,54-,55+,57-,58-,59+,60+,61-/m0/s1. The van der Waals surface area contributed by atoms with E-state index in [0.717, 1.165) is 24.7 Å². The van der Waals surface area contributed by atoms with Gasteiger partial charge in [0.1, 0.15) is 91.7 Å². The molecule has 9 aliphatic rings. The van der Waals surface area contributed by atoms with Gasteiger partial charge in [0.25, 0.3) is 0 Å². The Kier molecular flexibility index (Phi) is 18.7. The summed E-state index contributed by atoms with van der Waals surface area (Å²) in [5, 5.41) is 131. The van der Waals surface area contributed by atoms with E-state index < -0.39 is 165 Å². The lowest BCUT2D eigenvalue weighted by molar-refractivity contribution is -0.398. The van der Waals surface area contributed by atoms with E-state index in [-0.39, 0.29) is 59.4 Å². The number of aliphatic hydroxyl groups is 11. The SMILES string of the molecule is CC1(C)C[C@H](OC(=O)CCc2ccccc2)[C@]2(CO)CC[C@]3(C)C(=CC[C@@H]4[C@@]5(C)CC[C@H](O[C@@H]6O[C@H](C(=O)O)[C@@H](O)[C@H](O[C@@H]7OC[C@@H](O)[C@H](O)[C@H]7O[C@@H]7OC[C@@H](O)[C@H](O)[C@H]7O)[C@H]6O[C@@H]6O[C@H](CO)[C@@H](O)[C@H](O)[C@H]6O)[C@@](C)(C=O)[C@@H]5CC[C@]43C)[C@@H]2C1. The summed E-state index contributed by atoms with van der Waals surface area (Å²) in [7, 11) is 0. The highest BCUT2D eigenvalue weighted by Gasteiger charge is 2.71. The molecule has 4 saturated heterocycles. The molecule has 5 aliphatic carbocycles. The van der Waals surface area contributed by atoms with Crippen molar-refractivity contribution in [1.82, 2.24) is 0 Å². The Bertz CT molecular complexity index is 2550. The molecule has 1 aromatic rings. The molecular formula is C61H90O24. The minimum atomic E-state index is -2.24. The molecule has 0 aromatic heterocycles. The maximum absolute atomic E-state index is 14.2. The van der Waals surface area contributed by atoms with Gasteiger partial charge in [-0.15, -0.1) is 0 Å². The number of hydrogen-bond donors (Lipinski definition) is 12. The monoisotopic (exact) mass is 1210 g/mol. The lowest BCUT2D eigenvalue weighted by Gasteiger charge is -2.71. The molecule has 0 bridgehead atoms. The molecule has 1 aromatic carbocycles. The Balaban J connectivity index is 0.942. The Labute approximate surface area is 494 Å². The number of hydrogen-bond acceptors (Lipinski definition) is 23. The third-order valence-corrected chi connectivity index (χ3v) is 22.4. The molecule has 0 amide bonds. The van der Waals surface area contributed by atoms with Crippen LogP contribution in [0.15, 0.2) is 42.0 Å². The second kappa shape index (κ2) is 24.5. The summed E-state index contributed by atoms with van der Waals surface area (Å²) in [6.45, 7) is 11.0. The smallest absolute Gasteiger partial charge is 0.335 e.